The van der Waals surface area contributed by atoms with Crippen molar-refractivity contribution in [2.75, 3.05) is 6.54 Å². The van der Waals surface area contributed by atoms with Crippen LogP contribution in [0.1, 0.15) is 54.7 Å². The van der Waals surface area contributed by atoms with Crippen LogP contribution in [-0.2, 0) is 7.05 Å². The van der Waals surface area contributed by atoms with E-state index in [1.165, 1.54) is 18.7 Å². The molecule has 0 radical (unpaired) electrons. The van der Waals surface area contributed by atoms with Crippen LogP contribution >= 0.6 is 0 Å². The Hall–Kier alpha value is -1.96. The lowest BCUT2D eigenvalue weighted by atomic mass is 9.83. The molecule has 2 N–H and O–H groups in total. The third-order valence-corrected chi connectivity index (χ3v) is 4.49. The van der Waals surface area contributed by atoms with E-state index >= 15 is 0 Å². The Balaban J connectivity index is 1.87. The summed E-state index contributed by atoms with van der Waals surface area (Å²) in [6.45, 7) is 1.95. The lowest BCUT2D eigenvalue weighted by Gasteiger charge is -2.27. The molecule has 2 rings (SSSR count). The fourth-order valence-corrected chi connectivity index (χ4v) is 3.29. The fraction of sp³-hybridized carbons (Fsp3) is 0.733. The predicted octanol–water partition coefficient (Wildman–Crippen LogP) is 1.70. The molecule has 1 aliphatic carbocycles. The quantitative estimate of drug-likeness (QED) is 0.470. The number of amides is 1. The molecule has 2 unspecified atom stereocenters. The third-order valence-electron chi connectivity index (χ3n) is 4.49. The number of aliphatic hydroxyl groups is 1. The maximum absolute atomic E-state index is 12.2. The van der Waals surface area contributed by atoms with Gasteiger partial charge in [0, 0.05) is 13.6 Å². The van der Waals surface area contributed by atoms with Gasteiger partial charge in [-0.15, -0.1) is 0 Å². The van der Waals surface area contributed by atoms with Gasteiger partial charge in [-0.2, -0.15) is 5.10 Å². The van der Waals surface area contributed by atoms with E-state index in [9.17, 15) is 20.0 Å². The van der Waals surface area contributed by atoms with Crippen molar-refractivity contribution < 1.29 is 14.8 Å². The van der Waals surface area contributed by atoms with Crippen LogP contribution in [0.4, 0.5) is 5.69 Å². The summed E-state index contributed by atoms with van der Waals surface area (Å²) < 4.78 is 1.24. The first kappa shape index (κ1) is 17.4. The summed E-state index contributed by atoms with van der Waals surface area (Å²) in [6.07, 6.45) is 5.48. The number of carbonyl (C=O) groups is 1. The average molecular weight is 324 g/mol. The van der Waals surface area contributed by atoms with Gasteiger partial charge in [-0.05, 0) is 38.5 Å². The molecule has 1 aromatic heterocycles. The van der Waals surface area contributed by atoms with Crippen molar-refractivity contribution in [2.24, 2.45) is 13.0 Å². The van der Waals surface area contributed by atoms with Gasteiger partial charge in [0.15, 0.2) is 0 Å². The van der Waals surface area contributed by atoms with E-state index in [0.29, 0.717) is 12.5 Å². The molecule has 8 heteroatoms. The van der Waals surface area contributed by atoms with Crippen molar-refractivity contribution >= 4 is 11.6 Å². The van der Waals surface area contributed by atoms with E-state index < -0.39 is 10.8 Å². The van der Waals surface area contributed by atoms with Gasteiger partial charge in [0.25, 0.3) is 5.91 Å². The van der Waals surface area contributed by atoms with E-state index in [2.05, 4.69) is 10.4 Å². The zero-order valence-electron chi connectivity index (χ0n) is 13.6. The Kier molecular flexibility index (Phi) is 5.70. The smallest absolute Gasteiger partial charge is 0.322 e. The molecule has 2 atom stereocenters. The van der Waals surface area contributed by atoms with Crippen LogP contribution < -0.4 is 5.32 Å². The van der Waals surface area contributed by atoms with Gasteiger partial charge in [0.05, 0.1) is 11.0 Å². The Labute approximate surface area is 135 Å². The zero-order valence-corrected chi connectivity index (χ0v) is 13.6. The van der Waals surface area contributed by atoms with E-state index in [1.54, 1.807) is 0 Å². The summed E-state index contributed by atoms with van der Waals surface area (Å²) in [6, 6.07) is 0. The number of nitro groups is 1. The van der Waals surface area contributed by atoms with Gasteiger partial charge in [-0.3, -0.25) is 19.6 Å². The largest absolute Gasteiger partial charge is 0.393 e. The number of aliphatic hydroxyl groups excluding tert-OH is 1. The second-order valence-corrected chi connectivity index (χ2v) is 6.17. The van der Waals surface area contributed by atoms with Crippen molar-refractivity contribution in [2.45, 2.75) is 51.6 Å². The first-order valence-corrected chi connectivity index (χ1v) is 8.06. The van der Waals surface area contributed by atoms with Crippen LogP contribution in [0, 0.1) is 23.0 Å². The number of carbonyl (C=O) groups excluding carboxylic acids is 1. The van der Waals surface area contributed by atoms with Crippen LogP contribution in [0.5, 0.6) is 0 Å². The van der Waals surface area contributed by atoms with Crippen LogP contribution in [0.3, 0.4) is 0 Å². The molecule has 0 bridgehead atoms. The Morgan fingerprint density at radius 1 is 1.48 bits per heavy atom. The number of hydrogen-bond donors (Lipinski definition) is 2. The maximum Gasteiger partial charge on any atom is 0.322 e. The molecule has 0 spiro atoms. The number of rotatable bonds is 6. The van der Waals surface area contributed by atoms with Gasteiger partial charge >= 0.3 is 5.69 Å². The molecule has 8 nitrogen and oxygen atoms in total. The second kappa shape index (κ2) is 7.54. The molecule has 1 heterocycles. The van der Waals surface area contributed by atoms with E-state index in [4.69, 9.17) is 0 Å². The molecule has 1 aliphatic rings. The number of nitrogens with one attached hydrogen (secondary N) is 1. The molecule has 0 saturated heterocycles. The zero-order chi connectivity index (χ0) is 17.0. The highest BCUT2D eigenvalue weighted by Gasteiger charge is 2.29. The lowest BCUT2D eigenvalue weighted by molar-refractivity contribution is -0.385. The summed E-state index contributed by atoms with van der Waals surface area (Å²) in [5.74, 6) is -0.182. The first-order chi connectivity index (χ1) is 10.9. The molecule has 1 fully saturated rings. The average Bonchev–Trinajstić information content (AvgIpc) is 2.79. The topological polar surface area (TPSA) is 110 Å². The van der Waals surface area contributed by atoms with Crippen LogP contribution in [0.15, 0.2) is 0 Å². The molecule has 128 valence electrons. The van der Waals surface area contributed by atoms with Crippen molar-refractivity contribution in [3.8, 4) is 0 Å². The van der Waals surface area contributed by atoms with Gasteiger partial charge in [0.2, 0.25) is 5.69 Å². The molecule has 1 amide bonds. The van der Waals surface area contributed by atoms with Gasteiger partial charge in [-0.25, -0.2) is 0 Å². The lowest BCUT2D eigenvalue weighted by Crippen LogP contribution is -2.29. The number of aromatic nitrogens is 2. The molecule has 23 heavy (non-hydrogen) atoms. The van der Waals surface area contributed by atoms with Crippen molar-refractivity contribution in [1.29, 1.82) is 0 Å². The summed E-state index contributed by atoms with van der Waals surface area (Å²) in [5, 5.41) is 27.7. The highest BCUT2D eigenvalue weighted by Crippen LogP contribution is 2.27. The fourth-order valence-electron chi connectivity index (χ4n) is 3.29. The second-order valence-electron chi connectivity index (χ2n) is 6.17. The Bertz CT molecular complexity index is 584. The van der Waals surface area contributed by atoms with E-state index in [0.717, 1.165) is 38.5 Å². The van der Waals surface area contributed by atoms with Crippen LogP contribution in [-0.4, -0.2) is 38.4 Å². The summed E-state index contributed by atoms with van der Waals surface area (Å²) in [5.41, 5.74) is -0.0362. The van der Waals surface area contributed by atoms with Crippen molar-refractivity contribution in [3.63, 3.8) is 0 Å². The molecular weight excluding hydrogens is 300 g/mol. The highest BCUT2D eigenvalue weighted by molar-refractivity contribution is 5.96. The van der Waals surface area contributed by atoms with Gasteiger partial charge in [0.1, 0.15) is 5.69 Å². The molecule has 1 aromatic rings. The normalized spacial score (nSPS) is 21.2. The first-order valence-electron chi connectivity index (χ1n) is 8.06. The monoisotopic (exact) mass is 324 g/mol. The summed E-state index contributed by atoms with van der Waals surface area (Å²) in [7, 11) is 1.52. The standard InChI is InChI=1S/C15H24N4O4/c1-10-13(19(22)23)14(18(2)17-10)15(21)16-9-5-7-11-6-3-4-8-12(11)20/h11-12,20H,3-9H2,1-2H3,(H,16,21). The Morgan fingerprint density at radius 3 is 2.83 bits per heavy atom. The number of hydrogen-bond acceptors (Lipinski definition) is 5. The van der Waals surface area contributed by atoms with E-state index in [-0.39, 0.29) is 23.2 Å². The molecule has 1 saturated carbocycles. The van der Waals surface area contributed by atoms with E-state index in [1.807, 2.05) is 0 Å². The molecule has 0 aliphatic heterocycles. The van der Waals surface area contributed by atoms with Gasteiger partial charge < -0.3 is 10.4 Å². The third kappa shape index (κ3) is 4.07. The van der Waals surface area contributed by atoms with Crippen molar-refractivity contribution in [1.82, 2.24) is 15.1 Å². The minimum absolute atomic E-state index is 0.0230. The number of nitrogens with zero attached hydrogens (tertiary/aromatic N) is 3. The Morgan fingerprint density at radius 2 is 2.17 bits per heavy atom. The maximum atomic E-state index is 12.2. The highest BCUT2D eigenvalue weighted by atomic mass is 16.6. The minimum Gasteiger partial charge on any atom is -0.393 e. The minimum atomic E-state index is -0.574. The summed E-state index contributed by atoms with van der Waals surface area (Å²) in [4.78, 5) is 22.7. The predicted molar refractivity (Wildman–Crippen MR) is 84.1 cm³/mol. The number of aryl methyl sites for hydroxylation is 2. The summed E-state index contributed by atoms with van der Waals surface area (Å²) >= 11 is 0. The van der Waals surface area contributed by atoms with Crippen LogP contribution in [0.25, 0.3) is 0 Å². The van der Waals surface area contributed by atoms with Crippen molar-refractivity contribution in [3.05, 3.63) is 21.5 Å². The molecular formula is C15H24N4O4. The SMILES string of the molecule is Cc1nn(C)c(C(=O)NCCCC2CCCCC2O)c1[N+](=O)[O-]. The molecule has 0 aromatic carbocycles. The van der Waals surface area contributed by atoms with Crippen LogP contribution in [0.2, 0.25) is 0 Å². The van der Waals surface area contributed by atoms with Gasteiger partial charge in [-0.1, -0.05) is 12.8 Å².